The van der Waals surface area contributed by atoms with Crippen molar-refractivity contribution < 1.29 is 9.90 Å². The number of amides is 1. The second-order valence-electron chi connectivity index (χ2n) is 7.06. The number of carbonyl (C=O) groups excluding carboxylic acids is 1. The molecule has 1 unspecified atom stereocenters. The lowest BCUT2D eigenvalue weighted by Crippen LogP contribution is -2.34. The average molecular weight is 278 g/mol. The van der Waals surface area contributed by atoms with E-state index >= 15 is 0 Å². The molecular formula is C16H26N2O2. The van der Waals surface area contributed by atoms with Crippen molar-refractivity contribution in [2.75, 3.05) is 0 Å². The summed E-state index contributed by atoms with van der Waals surface area (Å²) in [6.45, 7) is 10.6. The quantitative estimate of drug-likeness (QED) is 0.891. The minimum Gasteiger partial charge on any atom is -0.388 e. The molecule has 0 radical (unpaired) electrons. The van der Waals surface area contributed by atoms with Gasteiger partial charge in [0.25, 0.3) is 0 Å². The van der Waals surface area contributed by atoms with E-state index in [1.54, 1.807) is 0 Å². The zero-order valence-corrected chi connectivity index (χ0v) is 13.2. The number of rotatable bonds is 3. The van der Waals surface area contributed by atoms with Crippen LogP contribution in [-0.4, -0.2) is 21.6 Å². The smallest absolute Gasteiger partial charge is 0.240 e. The second-order valence-corrected chi connectivity index (χ2v) is 7.06. The molecule has 0 spiro atoms. The van der Waals surface area contributed by atoms with Crippen LogP contribution in [0.25, 0.3) is 0 Å². The second kappa shape index (κ2) is 5.24. The van der Waals surface area contributed by atoms with Gasteiger partial charge in [0, 0.05) is 23.0 Å². The fourth-order valence-electron chi connectivity index (χ4n) is 3.13. The number of nitrogens with zero attached hydrogens (tertiary/aromatic N) is 1. The van der Waals surface area contributed by atoms with Crippen molar-refractivity contribution in [1.29, 1.82) is 0 Å². The highest BCUT2D eigenvalue weighted by atomic mass is 16.3. The van der Waals surface area contributed by atoms with E-state index in [0.29, 0.717) is 6.54 Å². The summed E-state index contributed by atoms with van der Waals surface area (Å²) in [6.07, 6.45) is 1.27. The summed E-state index contributed by atoms with van der Waals surface area (Å²) in [7, 11) is 0. The summed E-state index contributed by atoms with van der Waals surface area (Å²) >= 11 is 0. The molecule has 1 aliphatic carbocycles. The van der Waals surface area contributed by atoms with Crippen LogP contribution < -0.4 is 5.32 Å². The number of fused-ring (bicyclic) bond motifs is 1. The van der Waals surface area contributed by atoms with Gasteiger partial charge in [-0.1, -0.05) is 13.8 Å². The highest BCUT2D eigenvalue weighted by Gasteiger charge is 2.34. The van der Waals surface area contributed by atoms with Crippen molar-refractivity contribution in [3.8, 4) is 0 Å². The molecule has 2 N–H and O–H groups in total. The standard InChI is InChI=1S/C16H26N2O2/c1-10(2)17-15(20)9-18-11(3)6-12-13(18)7-16(4,5)8-14(12)19/h6,10,14,19H,7-9H2,1-5H3,(H,17,20). The number of nitrogens with one attached hydrogen (secondary N) is 1. The van der Waals surface area contributed by atoms with Gasteiger partial charge < -0.3 is 15.0 Å². The number of aryl methyl sites for hydroxylation is 1. The van der Waals surface area contributed by atoms with Crippen LogP contribution in [0.4, 0.5) is 0 Å². The lowest BCUT2D eigenvalue weighted by atomic mass is 9.75. The lowest BCUT2D eigenvalue weighted by Gasteiger charge is -2.34. The van der Waals surface area contributed by atoms with E-state index in [1.165, 1.54) is 0 Å². The SMILES string of the molecule is Cc1cc2c(n1CC(=O)NC(C)C)CC(C)(C)CC2O. The molecule has 0 saturated carbocycles. The molecule has 112 valence electrons. The van der Waals surface area contributed by atoms with Gasteiger partial charge in [-0.2, -0.15) is 0 Å². The summed E-state index contributed by atoms with van der Waals surface area (Å²) in [5.41, 5.74) is 3.23. The lowest BCUT2D eigenvalue weighted by molar-refractivity contribution is -0.122. The van der Waals surface area contributed by atoms with E-state index in [2.05, 4.69) is 23.7 Å². The maximum atomic E-state index is 12.0. The van der Waals surface area contributed by atoms with Gasteiger partial charge in [-0.3, -0.25) is 4.79 Å². The van der Waals surface area contributed by atoms with Crippen molar-refractivity contribution in [3.63, 3.8) is 0 Å². The van der Waals surface area contributed by atoms with Crippen molar-refractivity contribution in [3.05, 3.63) is 23.0 Å². The molecule has 1 heterocycles. The normalized spacial score (nSPS) is 20.9. The Morgan fingerprint density at radius 2 is 2.20 bits per heavy atom. The fraction of sp³-hybridized carbons (Fsp3) is 0.688. The Hall–Kier alpha value is -1.29. The van der Waals surface area contributed by atoms with Crippen LogP contribution in [-0.2, 0) is 17.8 Å². The molecule has 1 aromatic heterocycles. The van der Waals surface area contributed by atoms with Gasteiger partial charge in [-0.15, -0.1) is 0 Å². The van der Waals surface area contributed by atoms with Crippen molar-refractivity contribution in [2.24, 2.45) is 5.41 Å². The number of hydrogen-bond acceptors (Lipinski definition) is 2. The average Bonchev–Trinajstić information content (AvgIpc) is 2.54. The number of hydrogen-bond donors (Lipinski definition) is 2. The van der Waals surface area contributed by atoms with Crippen molar-refractivity contribution in [2.45, 2.75) is 66.2 Å². The predicted octanol–water partition coefficient (Wildman–Crippen LogP) is 2.33. The maximum absolute atomic E-state index is 12.0. The monoisotopic (exact) mass is 278 g/mol. The zero-order chi connectivity index (χ0) is 15.1. The molecule has 0 aromatic carbocycles. The first-order valence-corrected chi connectivity index (χ1v) is 7.36. The number of carbonyl (C=O) groups is 1. The molecular weight excluding hydrogens is 252 g/mol. The molecule has 0 saturated heterocycles. The largest absolute Gasteiger partial charge is 0.388 e. The molecule has 20 heavy (non-hydrogen) atoms. The van der Waals surface area contributed by atoms with Crippen LogP contribution in [0.3, 0.4) is 0 Å². The van der Waals surface area contributed by atoms with Crippen LogP contribution in [0.1, 0.15) is 57.2 Å². The van der Waals surface area contributed by atoms with E-state index in [9.17, 15) is 9.90 Å². The van der Waals surface area contributed by atoms with Gasteiger partial charge in [-0.05, 0) is 45.1 Å². The Bertz CT molecular complexity index is 515. The van der Waals surface area contributed by atoms with Crippen LogP contribution >= 0.6 is 0 Å². The topological polar surface area (TPSA) is 54.3 Å². The van der Waals surface area contributed by atoms with Gasteiger partial charge in [0.15, 0.2) is 0 Å². The number of aromatic nitrogens is 1. The molecule has 0 fully saturated rings. The molecule has 4 heteroatoms. The molecule has 4 nitrogen and oxygen atoms in total. The van der Waals surface area contributed by atoms with Crippen LogP contribution in [0.5, 0.6) is 0 Å². The summed E-state index contributed by atoms with van der Waals surface area (Å²) in [5, 5.41) is 13.2. The third-order valence-corrected chi connectivity index (χ3v) is 3.95. The van der Waals surface area contributed by atoms with Gasteiger partial charge in [0.1, 0.15) is 6.54 Å². The molecule has 1 atom stereocenters. The van der Waals surface area contributed by atoms with Crippen molar-refractivity contribution >= 4 is 5.91 Å². The summed E-state index contributed by atoms with van der Waals surface area (Å²) in [5.74, 6) is 0.0272. The van der Waals surface area contributed by atoms with E-state index in [4.69, 9.17) is 0 Å². The predicted molar refractivity (Wildman–Crippen MR) is 79.5 cm³/mol. The number of aliphatic hydroxyl groups excluding tert-OH is 1. The Morgan fingerprint density at radius 1 is 1.55 bits per heavy atom. The van der Waals surface area contributed by atoms with Gasteiger partial charge in [0.2, 0.25) is 5.91 Å². The van der Waals surface area contributed by atoms with Crippen molar-refractivity contribution in [1.82, 2.24) is 9.88 Å². The van der Waals surface area contributed by atoms with E-state index in [-0.39, 0.29) is 17.4 Å². The van der Waals surface area contributed by atoms with E-state index < -0.39 is 6.10 Å². The van der Waals surface area contributed by atoms with Crippen LogP contribution in [0.2, 0.25) is 0 Å². The molecule has 2 rings (SSSR count). The first kappa shape index (κ1) is 15.1. The summed E-state index contributed by atoms with van der Waals surface area (Å²) in [4.78, 5) is 12.0. The third kappa shape index (κ3) is 3.06. The molecule has 1 aromatic rings. The Labute approximate surface area is 121 Å². The fourth-order valence-corrected chi connectivity index (χ4v) is 3.13. The third-order valence-electron chi connectivity index (χ3n) is 3.95. The Kier molecular flexibility index (Phi) is 3.96. The number of aliphatic hydroxyl groups is 1. The van der Waals surface area contributed by atoms with Crippen LogP contribution in [0, 0.1) is 12.3 Å². The van der Waals surface area contributed by atoms with E-state index in [0.717, 1.165) is 29.8 Å². The molecule has 1 amide bonds. The molecule has 0 bridgehead atoms. The Balaban J connectivity index is 2.29. The van der Waals surface area contributed by atoms with Gasteiger partial charge in [0.05, 0.1) is 6.10 Å². The van der Waals surface area contributed by atoms with E-state index in [1.807, 2.05) is 26.8 Å². The van der Waals surface area contributed by atoms with Crippen LogP contribution in [0.15, 0.2) is 6.07 Å². The Morgan fingerprint density at radius 3 is 2.80 bits per heavy atom. The van der Waals surface area contributed by atoms with Gasteiger partial charge >= 0.3 is 0 Å². The highest BCUT2D eigenvalue weighted by Crippen LogP contribution is 2.41. The maximum Gasteiger partial charge on any atom is 0.240 e. The highest BCUT2D eigenvalue weighted by molar-refractivity contribution is 5.76. The molecule has 0 aliphatic heterocycles. The first-order valence-electron chi connectivity index (χ1n) is 7.36. The molecule has 1 aliphatic rings. The minimum atomic E-state index is -0.415. The first-order chi connectivity index (χ1) is 9.19. The van der Waals surface area contributed by atoms with Gasteiger partial charge in [-0.25, -0.2) is 0 Å². The minimum absolute atomic E-state index is 0.0272. The summed E-state index contributed by atoms with van der Waals surface area (Å²) < 4.78 is 2.05. The summed E-state index contributed by atoms with van der Waals surface area (Å²) in [6, 6.07) is 2.17. The zero-order valence-electron chi connectivity index (χ0n) is 13.2.